The lowest BCUT2D eigenvalue weighted by Crippen LogP contribution is -2.19. The standard InChI is InChI=1S/C21H22BrN3O3/c1-4-28-19-11-16(9-10-17(19)22)18-12-20(25(3)23-18)24(2)13-14-5-7-15(8-6-14)21(26)27/h5-12H,4,13H2,1-3H3,(H,26,27). The van der Waals surface area contributed by atoms with Gasteiger partial charge in [-0.1, -0.05) is 18.2 Å². The van der Waals surface area contributed by atoms with Crippen molar-refractivity contribution in [1.29, 1.82) is 0 Å². The van der Waals surface area contributed by atoms with Gasteiger partial charge in [-0.15, -0.1) is 0 Å². The minimum atomic E-state index is -0.919. The quantitative estimate of drug-likeness (QED) is 0.578. The molecule has 1 N–H and O–H groups in total. The Bertz CT molecular complexity index is 983. The molecule has 28 heavy (non-hydrogen) atoms. The number of ether oxygens (including phenoxy) is 1. The van der Waals surface area contributed by atoms with Crippen LogP contribution in [0.1, 0.15) is 22.8 Å². The first-order chi connectivity index (χ1) is 13.4. The number of carbonyl (C=O) groups is 1. The maximum absolute atomic E-state index is 11.0. The molecule has 0 saturated carbocycles. The maximum atomic E-state index is 11.0. The van der Waals surface area contributed by atoms with Crippen molar-refractivity contribution in [2.24, 2.45) is 7.05 Å². The van der Waals surface area contributed by atoms with Gasteiger partial charge in [-0.2, -0.15) is 5.10 Å². The summed E-state index contributed by atoms with van der Waals surface area (Å²) in [5.74, 6) is 0.828. The topological polar surface area (TPSA) is 67.6 Å². The van der Waals surface area contributed by atoms with Gasteiger partial charge >= 0.3 is 5.97 Å². The summed E-state index contributed by atoms with van der Waals surface area (Å²) in [7, 11) is 3.89. The highest BCUT2D eigenvalue weighted by Crippen LogP contribution is 2.32. The van der Waals surface area contributed by atoms with E-state index in [1.807, 2.05) is 62.1 Å². The molecule has 0 saturated heterocycles. The van der Waals surface area contributed by atoms with Crippen LogP contribution >= 0.6 is 15.9 Å². The number of aromatic nitrogens is 2. The highest BCUT2D eigenvalue weighted by Gasteiger charge is 2.13. The van der Waals surface area contributed by atoms with E-state index < -0.39 is 5.97 Å². The van der Waals surface area contributed by atoms with Gasteiger partial charge in [0.15, 0.2) is 0 Å². The van der Waals surface area contributed by atoms with Gasteiger partial charge in [0.2, 0.25) is 0 Å². The molecule has 146 valence electrons. The maximum Gasteiger partial charge on any atom is 0.335 e. The molecule has 0 aliphatic carbocycles. The van der Waals surface area contributed by atoms with Gasteiger partial charge in [0.25, 0.3) is 0 Å². The summed E-state index contributed by atoms with van der Waals surface area (Å²) in [6.45, 7) is 3.19. The Balaban J connectivity index is 1.81. The second-order valence-corrected chi connectivity index (χ2v) is 7.30. The van der Waals surface area contributed by atoms with Crippen LogP contribution in [-0.2, 0) is 13.6 Å². The molecule has 3 aromatic rings. The van der Waals surface area contributed by atoms with E-state index in [4.69, 9.17) is 9.84 Å². The van der Waals surface area contributed by atoms with E-state index in [1.165, 1.54) is 0 Å². The fourth-order valence-corrected chi connectivity index (χ4v) is 3.35. The molecule has 0 unspecified atom stereocenters. The predicted molar refractivity (Wildman–Crippen MR) is 113 cm³/mol. The van der Waals surface area contributed by atoms with Crippen LogP contribution in [-0.4, -0.2) is 34.5 Å². The van der Waals surface area contributed by atoms with Gasteiger partial charge < -0.3 is 14.7 Å². The van der Waals surface area contributed by atoms with Crippen molar-refractivity contribution in [2.45, 2.75) is 13.5 Å². The molecule has 7 heteroatoms. The minimum Gasteiger partial charge on any atom is -0.493 e. The van der Waals surface area contributed by atoms with Crippen molar-refractivity contribution < 1.29 is 14.6 Å². The van der Waals surface area contributed by atoms with Gasteiger partial charge in [0.05, 0.1) is 22.3 Å². The van der Waals surface area contributed by atoms with Crippen LogP contribution in [0.5, 0.6) is 5.75 Å². The average molecular weight is 444 g/mol. The van der Waals surface area contributed by atoms with E-state index in [-0.39, 0.29) is 5.56 Å². The number of aromatic carboxylic acids is 1. The first kappa shape index (κ1) is 19.9. The molecular formula is C21H22BrN3O3. The summed E-state index contributed by atoms with van der Waals surface area (Å²) >= 11 is 3.50. The number of anilines is 1. The lowest BCUT2D eigenvalue weighted by Gasteiger charge is -2.19. The zero-order chi connectivity index (χ0) is 20.3. The monoisotopic (exact) mass is 443 g/mol. The first-order valence-electron chi connectivity index (χ1n) is 8.89. The van der Waals surface area contributed by atoms with Crippen LogP contribution < -0.4 is 9.64 Å². The summed E-state index contributed by atoms with van der Waals surface area (Å²) in [6.07, 6.45) is 0. The number of carboxylic acids is 1. The lowest BCUT2D eigenvalue weighted by molar-refractivity contribution is 0.0697. The molecule has 0 aliphatic heterocycles. The molecule has 0 aliphatic rings. The Morgan fingerprint density at radius 3 is 2.57 bits per heavy atom. The Labute approximate surface area is 172 Å². The first-order valence-corrected chi connectivity index (χ1v) is 9.68. The van der Waals surface area contributed by atoms with Crippen molar-refractivity contribution in [3.05, 3.63) is 64.1 Å². The molecule has 1 aromatic heterocycles. The minimum absolute atomic E-state index is 0.287. The number of hydrogen-bond donors (Lipinski definition) is 1. The van der Waals surface area contributed by atoms with Gasteiger partial charge in [-0.05, 0) is 52.7 Å². The molecule has 3 rings (SSSR count). The van der Waals surface area contributed by atoms with Crippen LogP contribution in [0.25, 0.3) is 11.3 Å². The summed E-state index contributed by atoms with van der Waals surface area (Å²) < 4.78 is 8.40. The fraction of sp³-hybridized carbons (Fsp3) is 0.238. The second kappa shape index (κ2) is 8.48. The molecule has 2 aromatic carbocycles. The molecule has 6 nitrogen and oxygen atoms in total. The number of carboxylic acid groups (broad SMARTS) is 1. The number of aryl methyl sites for hydroxylation is 1. The normalized spacial score (nSPS) is 10.7. The molecule has 0 fully saturated rings. The molecule has 0 atom stereocenters. The van der Waals surface area contributed by atoms with Crippen LogP contribution in [0.15, 0.2) is 53.0 Å². The smallest absolute Gasteiger partial charge is 0.335 e. The SMILES string of the molecule is CCOc1cc(-c2cc(N(C)Cc3ccc(C(=O)O)cc3)n(C)n2)ccc1Br. The summed E-state index contributed by atoms with van der Waals surface area (Å²) in [4.78, 5) is 13.1. The van der Waals surface area contributed by atoms with E-state index in [0.717, 1.165) is 32.9 Å². The Morgan fingerprint density at radius 2 is 1.93 bits per heavy atom. The molecule has 0 radical (unpaired) electrons. The van der Waals surface area contributed by atoms with E-state index in [9.17, 15) is 4.79 Å². The molecule has 0 bridgehead atoms. The number of benzene rings is 2. The van der Waals surface area contributed by atoms with Gasteiger partial charge in [-0.3, -0.25) is 4.68 Å². The van der Waals surface area contributed by atoms with Crippen molar-refractivity contribution in [1.82, 2.24) is 9.78 Å². The molecular weight excluding hydrogens is 422 g/mol. The van der Waals surface area contributed by atoms with Crippen molar-refractivity contribution in [3.8, 4) is 17.0 Å². The number of hydrogen-bond acceptors (Lipinski definition) is 4. The third-order valence-corrected chi connectivity index (χ3v) is 5.05. The Morgan fingerprint density at radius 1 is 1.21 bits per heavy atom. The summed E-state index contributed by atoms with van der Waals surface area (Å²) in [6, 6.07) is 14.9. The van der Waals surface area contributed by atoms with Crippen LogP contribution in [0, 0.1) is 0 Å². The zero-order valence-corrected chi connectivity index (χ0v) is 17.6. The van der Waals surface area contributed by atoms with Crippen LogP contribution in [0.3, 0.4) is 0 Å². The van der Waals surface area contributed by atoms with Crippen molar-refractivity contribution >= 4 is 27.7 Å². The lowest BCUT2D eigenvalue weighted by atomic mass is 10.1. The molecule has 1 heterocycles. The van der Waals surface area contributed by atoms with E-state index in [2.05, 4.69) is 25.9 Å². The largest absolute Gasteiger partial charge is 0.493 e. The van der Waals surface area contributed by atoms with Crippen LogP contribution in [0.2, 0.25) is 0 Å². The van der Waals surface area contributed by atoms with Crippen LogP contribution in [0.4, 0.5) is 5.82 Å². The summed E-state index contributed by atoms with van der Waals surface area (Å²) in [5, 5.41) is 13.7. The number of nitrogens with zero attached hydrogens (tertiary/aromatic N) is 3. The van der Waals surface area contributed by atoms with Gasteiger partial charge in [-0.25, -0.2) is 4.79 Å². The average Bonchev–Trinajstić information content (AvgIpc) is 3.06. The van der Waals surface area contributed by atoms with Gasteiger partial charge in [0.1, 0.15) is 11.6 Å². The Hall–Kier alpha value is -2.80. The van der Waals surface area contributed by atoms with Gasteiger partial charge in [0, 0.05) is 32.3 Å². The highest BCUT2D eigenvalue weighted by atomic mass is 79.9. The van der Waals surface area contributed by atoms with E-state index in [1.54, 1.807) is 12.1 Å². The Kier molecular flexibility index (Phi) is 6.04. The number of rotatable bonds is 7. The van der Waals surface area contributed by atoms with E-state index >= 15 is 0 Å². The third-order valence-electron chi connectivity index (χ3n) is 4.39. The van der Waals surface area contributed by atoms with Crippen molar-refractivity contribution in [3.63, 3.8) is 0 Å². The predicted octanol–water partition coefficient (Wildman–Crippen LogP) is 4.58. The van der Waals surface area contributed by atoms with E-state index in [0.29, 0.717) is 13.2 Å². The third kappa shape index (κ3) is 4.36. The molecule has 0 amide bonds. The van der Waals surface area contributed by atoms with Crippen molar-refractivity contribution in [2.75, 3.05) is 18.6 Å². The number of halogens is 1. The molecule has 0 spiro atoms. The second-order valence-electron chi connectivity index (χ2n) is 6.45. The highest BCUT2D eigenvalue weighted by molar-refractivity contribution is 9.10. The fourth-order valence-electron chi connectivity index (χ4n) is 2.99. The zero-order valence-electron chi connectivity index (χ0n) is 16.0. The summed E-state index contributed by atoms with van der Waals surface area (Å²) in [5.41, 5.74) is 3.15.